The van der Waals surface area contributed by atoms with Crippen LogP contribution in [0.15, 0.2) is 146 Å². The third-order valence-corrected chi connectivity index (χ3v) is 8.97. The molecule has 41 heavy (non-hydrogen) atoms. The zero-order valence-electron chi connectivity index (χ0n) is 22.3. The van der Waals surface area contributed by atoms with Gasteiger partial charge in [0, 0.05) is 12.4 Å². The summed E-state index contributed by atoms with van der Waals surface area (Å²) in [7, 11) is 0. The number of fused-ring (bicyclic) bond motifs is 11. The quantitative estimate of drug-likeness (QED) is 0.227. The number of benzene rings is 5. The Morgan fingerprint density at radius 2 is 0.976 bits per heavy atom. The van der Waals surface area contributed by atoms with Gasteiger partial charge in [-0.2, -0.15) is 0 Å². The summed E-state index contributed by atoms with van der Waals surface area (Å²) in [5.74, 6) is 0. The van der Waals surface area contributed by atoms with Crippen molar-refractivity contribution in [1.29, 1.82) is 0 Å². The number of aromatic nitrogens is 2. The van der Waals surface area contributed by atoms with Crippen LogP contribution < -0.4 is 0 Å². The minimum Gasteiger partial charge on any atom is -0.255 e. The first kappa shape index (κ1) is 22.5. The zero-order valence-corrected chi connectivity index (χ0v) is 22.3. The van der Waals surface area contributed by atoms with Crippen LogP contribution in [0, 0.1) is 0 Å². The Bertz CT molecular complexity index is 2110. The van der Waals surface area contributed by atoms with Crippen molar-refractivity contribution in [2.75, 3.05) is 0 Å². The van der Waals surface area contributed by atoms with Crippen LogP contribution in [0.4, 0.5) is 0 Å². The maximum Gasteiger partial charge on any atom is 0.0892 e. The summed E-state index contributed by atoms with van der Waals surface area (Å²) in [6, 6.07) is 48.8. The molecule has 2 aliphatic rings. The Kier molecular flexibility index (Phi) is 4.57. The highest BCUT2D eigenvalue weighted by Gasteiger charge is 2.51. The molecule has 190 valence electrons. The van der Waals surface area contributed by atoms with E-state index >= 15 is 0 Å². The second-order valence-corrected chi connectivity index (χ2v) is 11.0. The van der Waals surface area contributed by atoms with Gasteiger partial charge in [0.25, 0.3) is 0 Å². The van der Waals surface area contributed by atoms with Gasteiger partial charge in [-0.05, 0) is 109 Å². The van der Waals surface area contributed by atoms with Crippen molar-refractivity contribution in [2.45, 2.75) is 5.41 Å². The second kappa shape index (κ2) is 8.33. The van der Waals surface area contributed by atoms with E-state index in [4.69, 9.17) is 0 Å². The number of hydrogen-bond donors (Lipinski definition) is 0. The van der Waals surface area contributed by atoms with Crippen LogP contribution in [0.2, 0.25) is 0 Å². The van der Waals surface area contributed by atoms with E-state index in [-0.39, 0.29) is 5.41 Å². The van der Waals surface area contributed by atoms with Gasteiger partial charge in [0.2, 0.25) is 0 Å². The lowest BCUT2D eigenvalue weighted by Gasteiger charge is -2.30. The molecular formula is C39H24N2. The molecular weight excluding hydrogens is 496 g/mol. The predicted molar refractivity (Wildman–Crippen MR) is 167 cm³/mol. The van der Waals surface area contributed by atoms with Gasteiger partial charge < -0.3 is 0 Å². The number of rotatable bonds is 2. The molecule has 2 nitrogen and oxygen atoms in total. The molecule has 9 rings (SSSR count). The van der Waals surface area contributed by atoms with E-state index in [0.29, 0.717) is 0 Å². The van der Waals surface area contributed by atoms with Gasteiger partial charge in [-0.15, -0.1) is 0 Å². The van der Waals surface area contributed by atoms with Crippen molar-refractivity contribution in [3.05, 3.63) is 168 Å². The molecule has 0 radical (unpaired) electrons. The van der Waals surface area contributed by atoms with Gasteiger partial charge in [0.1, 0.15) is 0 Å². The molecule has 2 aromatic heterocycles. The maximum absolute atomic E-state index is 4.60. The highest BCUT2D eigenvalue weighted by atomic mass is 14.8. The molecule has 0 bridgehead atoms. The van der Waals surface area contributed by atoms with Crippen LogP contribution in [-0.2, 0) is 5.41 Å². The fourth-order valence-electron chi connectivity index (χ4n) is 7.28. The molecule has 5 aromatic carbocycles. The monoisotopic (exact) mass is 520 g/mol. The lowest BCUT2D eigenvalue weighted by Crippen LogP contribution is -2.25. The Morgan fingerprint density at radius 3 is 1.66 bits per heavy atom. The molecule has 0 fully saturated rings. The first-order valence-corrected chi connectivity index (χ1v) is 14.1. The first-order valence-electron chi connectivity index (χ1n) is 14.1. The number of nitrogens with zero attached hydrogens (tertiary/aromatic N) is 2. The van der Waals surface area contributed by atoms with Crippen LogP contribution in [0.25, 0.3) is 55.5 Å². The van der Waals surface area contributed by atoms with Crippen molar-refractivity contribution < 1.29 is 0 Å². The third kappa shape index (κ3) is 3.02. The molecule has 0 saturated carbocycles. The zero-order chi connectivity index (χ0) is 27.0. The molecule has 7 aromatic rings. The van der Waals surface area contributed by atoms with E-state index in [1.807, 2.05) is 30.6 Å². The van der Waals surface area contributed by atoms with Crippen LogP contribution in [0.1, 0.15) is 22.3 Å². The van der Waals surface area contributed by atoms with E-state index in [9.17, 15) is 0 Å². The van der Waals surface area contributed by atoms with Crippen molar-refractivity contribution in [3.8, 4) is 44.8 Å². The average molecular weight is 521 g/mol. The lowest BCUT2D eigenvalue weighted by atomic mass is 9.70. The highest BCUT2D eigenvalue weighted by molar-refractivity contribution is 6.00. The second-order valence-electron chi connectivity index (χ2n) is 11.0. The van der Waals surface area contributed by atoms with Crippen molar-refractivity contribution >= 4 is 10.8 Å². The van der Waals surface area contributed by atoms with E-state index in [1.165, 1.54) is 60.8 Å². The van der Waals surface area contributed by atoms with E-state index in [1.54, 1.807) is 0 Å². The van der Waals surface area contributed by atoms with Gasteiger partial charge >= 0.3 is 0 Å². The first-order chi connectivity index (χ1) is 20.3. The van der Waals surface area contributed by atoms with Crippen molar-refractivity contribution in [2.24, 2.45) is 0 Å². The third-order valence-electron chi connectivity index (χ3n) is 8.97. The van der Waals surface area contributed by atoms with Crippen LogP contribution >= 0.6 is 0 Å². The van der Waals surface area contributed by atoms with Crippen LogP contribution in [-0.4, -0.2) is 9.97 Å². The fourth-order valence-corrected chi connectivity index (χ4v) is 7.28. The molecule has 0 aliphatic heterocycles. The van der Waals surface area contributed by atoms with E-state index in [2.05, 4.69) is 125 Å². The standard InChI is InChI=1S/C39H24N2/c1-4-12-33-29(9-1)30-10-2-5-13-34(30)39(33)35-14-6-3-11-31(35)32-22-26-17-16-25(21-28(26)23-36(32)39)27-18-20-41-38(24-27)37-15-7-8-19-40-37/h1-24H. The van der Waals surface area contributed by atoms with Gasteiger partial charge in [-0.3, -0.25) is 9.97 Å². The van der Waals surface area contributed by atoms with Crippen molar-refractivity contribution in [1.82, 2.24) is 9.97 Å². The van der Waals surface area contributed by atoms with Crippen LogP contribution in [0.3, 0.4) is 0 Å². The van der Waals surface area contributed by atoms with Gasteiger partial charge in [0.15, 0.2) is 0 Å². The smallest absolute Gasteiger partial charge is 0.0892 e. The summed E-state index contributed by atoms with van der Waals surface area (Å²) < 4.78 is 0. The summed E-state index contributed by atoms with van der Waals surface area (Å²) in [5, 5.41) is 2.49. The lowest BCUT2D eigenvalue weighted by molar-refractivity contribution is 0.795. The minimum atomic E-state index is -0.327. The molecule has 1 spiro atoms. The molecule has 2 heterocycles. The summed E-state index contributed by atoms with van der Waals surface area (Å²) >= 11 is 0. The molecule has 0 atom stereocenters. The number of pyridine rings is 2. The molecule has 2 aliphatic carbocycles. The Hall–Kier alpha value is -5.34. The SMILES string of the molecule is c1ccc(-c2cc(-c3ccc4cc5c(cc4c3)C3(c4ccccc4-c4ccccc43)c3ccccc3-5)ccn2)nc1. The summed E-state index contributed by atoms with van der Waals surface area (Å²) in [6.45, 7) is 0. The maximum atomic E-state index is 4.60. The van der Waals surface area contributed by atoms with E-state index < -0.39 is 0 Å². The largest absolute Gasteiger partial charge is 0.255 e. The van der Waals surface area contributed by atoms with Gasteiger partial charge in [-0.1, -0.05) is 91.0 Å². The van der Waals surface area contributed by atoms with Crippen molar-refractivity contribution in [3.63, 3.8) is 0 Å². The summed E-state index contributed by atoms with van der Waals surface area (Å²) in [6.07, 6.45) is 3.69. The highest BCUT2D eigenvalue weighted by Crippen LogP contribution is 2.63. The Labute approximate surface area is 238 Å². The molecule has 0 unspecified atom stereocenters. The average Bonchev–Trinajstić information content (AvgIpc) is 3.51. The topological polar surface area (TPSA) is 25.8 Å². The van der Waals surface area contributed by atoms with Gasteiger partial charge in [0.05, 0.1) is 16.8 Å². The van der Waals surface area contributed by atoms with Gasteiger partial charge in [-0.25, -0.2) is 0 Å². The summed E-state index contributed by atoms with van der Waals surface area (Å²) in [5.41, 5.74) is 14.5. The predicted octanol–water partition coefficient (Wildman–Crippen LogP) is 9.31. The fraction of sp³-hybridized carbons (Fsp3) is 0.0256. The normalized spacial score (nSPS) is 13.6. The molecule has 0 amide bonds. The Balaban J connectivity index is 1.30. The van der Waals surface area contributed by atoms with E-state index in [0.717, 1.165) is 17.0 Å². The summed E-state index contributed by atoms with van der Waals surface area (Å²) in [4.78, 5) is 9.10. The van der Waals surface area contributed by atoms with Crippen LogP contribution in [0.5, 0.6) is 0 Å². The molecule has 2 heteroatoms. The molecule has 0 N–H and O–H groups in total. The minimum absolute atomic E-state index is 0.327. The Morgan fingerprint density at radius 1 is 0.366 bits per heavy atom. The number of hydrogen-bond acceptors (Lipinski definition) is 2. The molecule has 0 saturated heterocycles.